The van der Waals surface area contributed by atoms with Crippen LogP contribution < -0.4 is 14.9 Å². The molecule has 0 spiro atoms. The second-order valence-corrected chi connectivity index (χ2v) is 9.11. The number of nitrogens with zero attached hydrogens (tertiary/aromatic N) is 3. The van der Waals surface area contributed by atoms with Crippen LogP contribution in [0.5, 0.6) is 0 Å². The van der Waals surface area contributed by atoms with Crippen molar-refractivity contribution in [3.63, 3.8) is 0 Å². The van der Waals surface area contributed by atoms with Crippen molar-refractivity contribution >= 4 is 29.0 Å². The van der Waals surface area contributed by atoms with Crippen LogP contribution in [0, 0.1) is 0 Å². The van der Waals surface area contributed by atoms with Crippen LogP contribution in [-0.4, -0.2) is 20.9 Å². The molecule has 1 amide bonds. The molecular weight excluding hydrogens is 382 g/mol. The second-order valence-electron chi connectivity index (χ2n) is 8.11. The molecule has 5 nitrogen and oxygen atoms in total. The molecule has 0 saturated heterocycles. The molecule has 0 N–H and O–H groups in total. The number of carbonyl (C=O) groups excluding carboxylic acids is 1. The molecule has 1 aliphatic rings. The summed E-state index contributed by atoms with van der Waals surface area (Å²) in [5.74, 6) is -0.171. The smallest absolute Gasteiger partial charge is 0.270 e. The highest BCUT2D eigenvalue weighted by Gasteiger charge is 2.25. The Labute approximate surface area is 173 Å². The summed E-state index contributed by atoms with van der Waals surface area (Å²) in [4.78, 5) is 33.1. The van der Waals surface area contributed by atoms with E-state index in [-0.39, 0.29) is 17.0 Å². The number of rotatable bonds is 3. The topological polar surface area (TPSA) is 54.7 Å². The van der Waals surface area contributed by atoms with Gasteiger partial charge in [0.25, 0.3) is 5.56 Å². The van der Waals surface area contributed by atoms with E-state index in [2.05, 4.69) is 4.99 Å². The van der Waals surface area contributed by atoms with Crippen molar-refractivity contribution in [2.75, 3.05) is 0 Å². The summed E-state index contributed by atoms with van der Waals surface area (Å²) in [6.07, 6.45) is 1.46. The highest BCUT2D eigenvalue weighted by Crippen LogP contribution is 2.21. The van der Waals surface area contributed by atoms with E-state index in [9.17, 15) is 9.59 Å². The minimum Gasteiger partial charge on any atom is -0.330 e. The highest BCUT2D eigenvalue weighted by atomic mass is 32.1. The van der Waals surface area contributed by atoms with E-state index in [4.69, 9.17) is 0 Å². The van der Waals surface area contributed by atoms with Gasteiger partial charge in [-0.1, -0.05) is 59.9 Å². The molecule has 0 bridgehead atoms. The molecule has 4 rings (SSSR count). The van der Waals surface area contributed by atoms with Gasteiger partial charge in [-0.2, -0.15) is 0 Å². The average molecular weight is 406 g/mol. The van der Waals surface area contributed by atoms with Gasteiger partial charge < -0.3 is 4.90 Å². The van der Waals surface area contributed by atoms with E-state index < -0.39 is 0 Å². The van der Waals surface area contributed by atoms with Crippen LogP contribution in [0.1, 0.15) is 31.9 Å². The Kier molecular flexibility index (Phi) is 4.96. The summed E-state index contributed by atoms with van der Waals surface area (Å²) in [5, 5.41) is 0. The van der Waals surface area contributed by atoms with Crippen molar-refractivity contribution in [1.82, 2.24) is 9.47 Å². The van der Waals surface area contributed by atoms with Gasteiger partial charge in [-0.25, -0.2) is 4.99 Å². The molecular formula is C23H23N3O2S. The number of fused-ring (bicyclic) bond motifs is 2. The predicted octanol–water partition coefficient (Wildman–Crippen LogP) is 2.83. The first-order valence-electron chi connectivity index (χ1n) is 9.56. The molecule has 0 aliphatic carbocycles. The van der Waals surface area contributed by atoms with Gasteiger partial charge >= 0.3 is 0 Å². The molecule has 148 valence electrons. The standard InChI is InChI=1S/C23H23N3O2S/c1-23(2,3)26(14-16-9-5-4-6-10-16)20(27)13-19-21(28)25-15-17-11-7-8-12-18(17)24-22(25)29-19/h4-13H,14-15H2,1-3H3/b19-13+. The quantitative estimate of drug-likeness (QED) is 0.526. The number of hydrogen-bond donors (Lipinski definition) is 0. The van der Waals surface area contributed by atoms with Crippen molar-refractivity contribution in [3.8, 4) is 0 Å². The lowest BCUT2D eigenvalue weighted by Crippen LogP contribution is -2.45. The van der Waals surface area contributed by atoms with Gasteiger partial charge in [0.05, 0.1) is 12.2 Å². The van der Waals surface area contributed by atoms with E-state index in [0.29, 0.717) is 22.4 Å². The van der Waals surface area contributed by atoms with Crippen molar-refractivity contribution in [1.29, 1.82) is 0 Å². The number of hydrogen-bond acceptors (Lipinski definition) is 4. The summed E-state index contributed by atoms with van der Waals surface area (Å²) in [6.45, 7) is 6.97. The maximum atomic E-state index is 13.1. The molecule has 2 aromatic carbocycles. The molecule has 2 heterocycles. The van der Waals surface area contributed by atoms with Gasteiger partial charge in [-0.05, 0) is 38.0 Å². The van der Waals surface area contributed by atoms with Crippen LogP contribution in [0.15, 0.2) is 64.4 Å². The lowest BCUT2D eigenvalue weighted by molar-refractivity contribution is -0.129. The highest BCUT2D eigenvalue weighted by molar-refractivity contribution is 7.07. The third-order valence-corrected chi connectivity index (χ3v) is 5.94. The number of aromatic nitrogens is 1. The van der Waals surface area contributed by atoms with Gasteiger partial charge in [0.15, 0.2) is 4.80 Å². The summed E-state index contributed by atoms with van der Waals surface area (Å²) in [7, 11) is 0. The number of carbonyl (C=O) groups is 1. The predicted molar refractivity (Wildman–Crippen MR) is 116 cm³/mol. The first kappa shape index (κ1) is 19.3. The van der Waals surface area contributed by atoms with E-state index in [1.807, 2.05) is 75.4 Å². The molecule has 29 heavy (non-hydrogen) atoms. The van der Waals surface area contributed by atoms with Crippen molar-refractivity contribution in [2.45, 2.75) is 39.4 Å². The van der Waals surface area contributed by atoms with E-state index >= 15 is 0 Å². The van der Waals surface area contributed by atoms with Crippen LogP contribution in [0.2, 0.25) is 0 Å². The van der Waals surface area contributed by atoms with Gasteiger partial charge in [-0.3, -0.25) is 14.2 Å². The zero-order chi connectivity index (χ0) is 20.6. The number of benzene rings is 2. The largest absolute Gasteiger partial charge is 0.330 e. The fraction of sp³-hybridized carbons (Fsp3) is 0.261. The SMILES string of the molecule is CC(C)(C)N(Cc1ccccc1)C(=O)/C=c1/sc2n(c1=O)Cc1ccccc1N=2. The Morgan fingerprint density at radius 2 is 1.83 bits per heavy atom. The third kappa shape index (κ3) is 3.93. The third-order valence-electron chi connectivity index (χ3n) is 4.94. The first-order chi connectivity index (χ1) is 13.8. The first-order valence-corrected chi connectivity index (χ1v) is 10.4. The molecule has 0 atom stereocenters. The van der Waals surface area contributed by atoms with Gasteiger partial charge in [0.1, 0.15) is 4.53 Å². The Morgan fingerprint density at radius 1 is 1.14 bits per heavy atom. The molecule has 3 aromatic rings. The van der Waals surface area contributed by atoms with E-state index in [0.717, 1.165) is 16.8 Å². The zero-order valence-corrected chi connectivity index (χ0v) is 17.6. The normalized spacial score (nSPS) is 13.4. The molecule has 0 radical (unpaired) electrons. The molecule has 1 aromatic heterocycles. The molecule has 0 saturated carbocycles. The Bertz CT molecular complexity index is 1230. The maximum Gasteiger partial charge on any atom is 0.270 e. The van der Waals surface area contributed by atoms with Crippen LogP contribution in [0.4, 0.5) is 5.69 Å². The maximum absolute atomic E-state index is 13.1. The van der Waals surface area contributed by atoms with Crippen molar-refractivity contribution in [3.05, 3.63) is 85.4 Å². The Morgan fingerprint density at radius 3 is 2.55 bits per heavy atom. The average Bonchev–Trinajstić information content (AvgIpc) is 2.99. The van der Waals surface area contributed by atoms with Gasteiger partial charge in [0.2, 0.25) is 5.91 Å². The summed E-state index contributed by atoms with van der Waals surface area (Å²) in [6, 6.07) is 17.7. The van der Waals surface area contributed by atoms with Crippen molar-refractivity contribution in [2.24, 2.45) is 4.99 Å². The van der Waals surface area contributed by atoms with Crippen LogP contribution >= 0.6 is 11.3 Å². The minimum absolute atomic E-state index is 0.162. The Balaban J connectivity index is 1.72. The second kappa shape index (κ2) is 7.44. The molecule has 6 heteroatoms. The fourth-order valence-electron chi connectivity index (χ4n) is 3.36. The fourth-order valence-corrected chi connectivity index (χ4v) is 4.32. The van der Waals surface area contributed by atoms with Gasteiger partial charge in [0, 0.05) is 18.2 Å². The van der Waals surface area contributed by atoms with E-state index in [1.165, 1.54) is 17.4 Å². The summed E-state index contributed by atoms with van der Waals surface area (Å²) < 4.78 is 2.06. The molecule has 1 aliphatic heterocycles. The van der Waals surface area contributed by atoms with Crippen LogP contribution in [0.3, 0.4) is 0 Å². The lowest BCUT2D eigenvalue weighted by Gasteiger charge is -2.35. The summed E-state index contributed by atoms with van der Waals surface area (Å²) in [5.41, 5.74) is 2.41. The number of thiazole rings is 1. The molecule has 0 unspecified atom stereocenters. The van der Waals surface area contributed by atoms with E-state index in [1.54, 1.807) is 9.47 Å². The molecule has 0 fully saturated rings. The monoisotopic (exact) mass is 405 g/mol. The summed E-state index contributed by atoms with van der Waals surface area (Å²) >= 11 is 1.27. The minimum atomic E-state index is -0.378. The lowest BCUT2D eigenvalue weighted by atomic mass is 10.0. The van der Waals surface area contributed by atoms with Crippen LogP contribution in [0.25, 0.3) is 6.08 Å². The van der Waals surface area contributed by atoms with Gasteiger partial charge in [-0.15, -0.1) is 0 Å². The number of amides is 1. The zero-order valence-electron chi connectivity index (χ0n) is 16.8. The van der Waals surface area contributed by atoms with Crippen LogP contribution in [-0.2, 0) is 17.9 Å². The number of para-hydroxylation sites is 1. The van der Waals surface area contributed by atoms with Crippen molar-refractivity contribution < 1.29 is 4.79 Å². The Hall–Kier alpha value is -2.99.